The van der Waals surface area contributed by atoms with Gasteiger partial charge in [0, 0.05) is 15.3 Å². The molecule has 4 nitrogen and oxygen atoms in total. The van der Waals surface area contributed by atoms with Gasteiger partial charge < -0.3 is 5.73 Å². The standard InChI is InChI=1S/C11H18N2O2S2/c1-7-9(16-11(2,3)4)5-8(12)6-10(7)17(13,14)15/h5-6H,12H2,1-4H3,(H2,13,14,15). The fraction of sp³-hybridized carbons (Fsp3) is 0.455. The molecule has 0 unspecified atom stereocenters. The number of rotatable bonds is 2. The summed E-state index contributed by atoms with van der Waals surface area (Å²) >= 11 is 1.57. The second-order valence-corrected chi connectivity index (χ2v) is 8.30. The lowest BCUT2D eigenvalue weighted by Crippen LogP contribution is -2.15. The highest BCUT2D eigenvalue weighted by Crippen LogP contribution is 2.37. The fourth-order valence-corrected chi connectivity index (χ4v) is 3.43. The van der Waals surface area contributed by atoms with Crippen molar-refractivity contribution < 1.29 is 8.42 Å². The van der Waals surface area contributed by atoms with Gasteiger partial charge in [-0.05, 0) is 24.6 Å². The van der Waals surface area contributed by atoms with Gasteiger partial charge >= 0.3 is 0 Å². The summed E-state index contributed by atoms with van der Waals surface area (Å²) in [7, 11) is -3.73. The van der Waals surface area contributed by atoms with Crippen LogP contribution in [0.15, 0.2) is 21.9 Å². The van der Waals surface area contributed by atoms with Crippen LogP contribution >= 0.6 is 11.8 Å². The first kappa shape index (κ1) is 14.3. The van der Waals surface area contributed by atoms with Crippen LogP contribution in [0.2, 0.25) is 0 Å². The van der Waals surface area contributed by atoms with E-state index in [0.29, 0.717) is 11.3 Å². The monoisotopic (exact) mass is 274 g/mol. The molecule has 0 aliphatic heterocycles. The van der Waals surface area contributed by atoms with E-state index in [1.807, 2.05) is 0 Å². The summed E-state index contributed by atoms with van der Waals surface area (Å²) in [6.07, 6.45) is 0. The summed E-state index contributed by atoms with van der Waals surface area (Å²) in [6, 6.07) is 3.18. The van der Waals surface area contributed by atoms with Gasteiger partial charge in [0.2, 0.25) is 10.0 Å². The zero-order valence-corrected chi connectivity index (χ0v) is 12.1. The Balaban J connectivity index is 3.40. The van der Waals surface area contributed by atoms with Crippen molar-refractivity contribution in [3.8, 4) is 0 Å². The molecule has 0 amide bonds. The van der Waals surface area contributed by atoms with E-state index in [0.717, 1.165) is 4.90 Å². The minimum Gasteiger partial charge on any atom is -0.399 e. The first-order valence-corrected chi connectivity index (χ1v) is 7.49. The molecule has 0 radical (unpaired) electrons. The number of thioether (sulfide) groups is 1. The molecule has 0 heterocycles. The Bertz CT molecular complexity index is 531. The Morgan fingerprint density at radius 1 is 1.24 bits per heavy atom. The summed E-state index contributed by atoms with van der Waals surface area (Å²) in [5.74, 6) is 0. The predicted octanol–water partition coefficient (Wildman–Crippen LogP) is 2.12. The van der Waals surface area contributed by atoms with Crippen molar-refractivity contribution >= 4 is 27.5 Å². The zero-order chi connectivity index (χ0) is 13.4. The molecule has 0 saturated carbocycles. The second-order valence-electron chi connectivity index (χ2n) is 4.90. The van der Waals surface area contributed by atoms with Crippen LogP contribution < -0.4 is 10.9 Å². The van der Waals surface area contributed by atoms with E-state index in [1.54, 1.807) is 24.8 Å². The van der Waals surface area contributed by atoms with Gasteiger partial charge in [-0.3, -0.25) is 0 Å². The van der Waals surface area contributed by atoms with E-state index in [2.05, 4.69) is 20.8 Å². The summed E-state index contributed by atoms with van der Waals surface area (Å²) in [4.78, 5) is 0.950. The Kier molecular flexibility index (Phi) is 3.81. The van der Waals surface area contributed by atoms with Crippen LogP contribution in [0.1, 0.15) is 26.3 Å². The number of hydrogen-bond acceptors (Lipinski definition) is 4. The minimum absolute atomic E-state index is 0.0197. The maximum absolute atomic E-state index is 11.4. The van der Waals surface area contributed by atoms with E-state index in [9.17, 15) is 8.42 Å². The molecule has 17 heavy (non-hydrogen) atoms. The molecule has 6 heteroatoms. The molecule has 0 aromatic heterocycles. The number of hydrogen-bond donors (Lipinski definition) is 2. The summed E-state index contributed by atoms with van der Waals surface area (Å²) in [5.41, 5.74) is 6.77. The Hall–Kier alpha value is -0.720. The molecule has 96 valence electrons. The Labute approximate surface area is 107 Å². The molecule has 0 aliphatic carbocycles. The molecule has 1 aromatic rings. The van der Waals surface area contributed by atoms with Crippen molar-refractivity contribution in [3.05, 3.63) is 17.7 Å². The number of nitrogens with two attached hydrogens (primary N) is 2. The van der Waals surface area contributed by atoms with Crippen molar-refractivity contribution in [1.29, 1.82) is 0 Å². The van der Waals surface area contributed by atoms with Crippen LogP contribution in [0.25, 0.3) is 0 Å². The molecule has 0 saturated heterocycles. The molecule has 1 rings (SSSR count). The van der Waals surface area contributed by atoms with Crippen molar-refractivity contribution in [1.82, 2.24) is 0 Å². The number of benzene rings is 1. The number of sulfonamides is 1. The average Bonchev–Trinajstić information content (AvgIpc) is 2.06. The normalized spacial score (nSPS) is 12.8. The first-order valence-electron chi connectivity index (χ1n) is 5.12. The summed E-state index contributed by atoms with van der Waals surface area (Å²) < 4.78 is 22.9. The molecule has 0 aliphatic rings. The van der Waals surface area contributed by atoms with Crippen LogP contribution in [-0.2, 0) is 10.0 Å². The molecule has 0 spiro atoms. The number of primary sulfonamides is 1. The van der Waals surface area contributed by atoms with Gasteiger partial charge in [0.25, 0.3) is 0 Å². The van der Waals surface area contributed by atoms with Gasteiger partial charge in [-0.2, -0.15) is 0 Å². The molecular formula is C11H18N2O2S2. The van der Waals surface area contributed by atoms with Crippen molar-refractivity contribution in [2.45, 2.75) is 42.2 Å². The summed E-state index contributed by atoms with van der Waals surface area (Å²) in [6.45, 7) is 7.90. The Morgan fingerprint density at radius 3 is 2.18 bits per heavy atom. The summed E-state index contributed by atoms with van der Waals surface area (Å²) in [5, 5.41) is 5.17. The molecule has 0 atom stereocenters. The first-order chi connectivity index (χ1) is 7.50. The molecule has 0 fully saturated rings. The third-order valence-electron chi connectivity index (χ3n) is 2.06. The highest BCUT2D eigenvalue weighted by atomic mass is 32.2. The average molecular weight is 274 g/mol. The van der Waals surface area contributed by atoms with Crippen molar-refractivity contribution in [2.75, 3.05) is 5.73 Å². The van der Waals surface area contributed by atoms with Gasteiger partial charge in [0.1, 0.15) is 0 Å². The molecule has 1 aromatic carbocycles. The lowest BCUT2D eigenvalue weighted by atomic mass is 10.2. The largest absolute Gasteiger partial charge is 0.399 e. The minimum atomic E-state index is -3.73. The van der Waals surface area contributed by atoms with Gasteiger partial charge in [0.15, 0.2) is 0 Å². The van der Waals surface area contributed by atoms with E-state index < -0.39 is 10.0 Å². The van der Waals surface area contributed by atoms with E-state index in [1.165, 1.54) is 6.07 Å². The second kappa shape index (κ2) is 4.51. The number of anilines is 1. The van der Waals surface area contributed by atoms with Crippen molar-refractivity contribution in [2.24, 2.45) is 5.14 Å². The third kappa shape index (κ3) is 3.90. The van der Waals surface area contributed by atoms with Crippen LogP contribution in [0, 0.1) is 6.92 Å². The van der Waals surface area contributed by atoms with Crippen LogP contribution in [-0.4, -0.2) is 13.2 Å². The fourth-order valence-electron chi connectivity index (χ4n) is 1.41. The molecular weight excluding hydrogens is 256 g/mol. The van der Waals surface area contributed by atoms with Gasteiger partial charge in [-0.1, -0.05) is 20.8 Å². The maximum atomic E-state index is 11.4. The van der Waals surface area contributed by atoms with Gasteiger partial charge in [-0.15, -0.1) is 11.8 Å². The van der Waals surface area contributed by atoms with Gasteiger partial charge in [0.05, 0.1) is 4.90 Å². The SMILES string of the molecule is Cc1c(SC(C)(C)C)cc(N)cc1S(N)(=O)=O. The van der Waals surface area contributed by atoms with E-state index in [4.69, 9.17) is 10.9 Å². The smallest absolute Gasteiger partial charge is 0.238 e. The molecule has 4 N–H and O–H groups in total. The lowest BCUT2D eigenvalue weighted by Gasteiger charge is -2.20. The van der Waals surface area contributed by atoms with Crippen molar-refractivity contribution in [3.63, 3.8) is 0 Å². The Morgan fingerprint density at radius 2 is 1.76 bits per heavy atom. The van der Waals surface area contributed by atoms with E-state index in [-0.39, 0.29) is 9.64 Å². The van der Waals surface area contributed by atoms with Crippen LogP contribution in [0.4, 0.5) is 5.69 Å². The number of nitrogen functional groups attached to an aromatic ring is 1. The highest BCUT2D eigenvalue weighted by molar-refractivity contribution is 8.00. The van der Waals surface area contributed by atoms with E-state index >= 15 is 0 Å². The van der Waals surface area contributed by atoms with Gasteiger partial charge in [-0.25, -0.2) is 13.6 Å². The molecule has 0 bridgehead atoms. The quantitative estimate of drug-likeness (QED) is 0.639. The highest BCUT2D eigenvalue weighted by Gasteiger charge is 2.19. The van der Waals surface area contributed by atoms with Crippen LogP contribution in [0.3, 0.4) is 0 Å². The third-order valence-corrected chi connectivity index (χ3v) is 4.35. The maximum Gasteiger partial charge on any atom is 0.238 e. The lowest BCUT2D eigenvalue weighted by molar-refractivity contribution is 0.597. The predicted molar refractivity (Wildman–Crippen MR) is 72.6 cm³/mol. The zero-order valence-electron chi connectivity index (χ0n) is 10.4. The van der Waals surface area contributed by atoms with Crippen LogP contribution in [0.5, 0.6) is 0 Å². The topological polar surface area (TPSA) is 86.2 Å².